The summed E-state index contributed by atoms with van der Waals surface area (Å²) in [4.78, 5) is 0. The molecule has 0 spiro atoms. The molecule has 2 aromatic carbocycles. The van der Waals surface area contributed by atoms with Crippen molar-refractivity contribution in [2.75, 3.05) is 7.11 Å². The second-order valence-electron chi connectivity index (χ2n) is 4.80. The fraction of sp³-hybridized carbons (Fsp3) is 0.235. The Labute approximate surface area is 130 Å². The topological polar surface area (TPSA) is 45.0 Å². The summed E-state index contributed by atoms with van der Waals surface area (Å²) in [6.45, 7) is 2.76. The van der Waals surface area contributed by atoms with Crippen molar-refractivity contribution in [3.63, 3.8) is 0 Å². The van der Waals surface area contributed by atoms with Crippen LogP contribution in [0.3, 0.4) is 0 Å². The summed E-state index contributed by atoms with van der Waals surface area (Å²) >= 11 is 6.00. The van der Waals surface area contributed by atoms with Gasteiger partial charge in [-0.3, -0.25) is 0 Å². The lowest BCUT2D eigenvalue weighted by molar-refractivity contribution is 0.413. The molecule has 1 N–H and O–H groups in total. The molecule has 0 radical (unpaired) electrons. The molecule has 0 aliphatic rings. The van der Waals surface area contributed by atoms with Crippen LogP contribution in [-0.2, 0) is 6.54 Å². The lowest BCUT2D eigenvalue weighted by Crippen LogP contribution is -2.18. The Morgan fingerprint density at radius 1 is 1.29 bits per heavy atom. The van der Waals surface area contributed by atoms with Crippen molar-refractivity contribution in [3.05, 3.63) is 64.2 Å². The molecule has 1 atom stereocenters. The van der Waals surface area contributed by atoms with Gasteiger partial charge in [0.25, 0.3) is 0 Å². The summed E-state index contributed by atoms with van der Waals surface area (Å²) in [6, 6.07) is 15.7. The molecular formula is C17H17ClN2O. The number of ether oxygens (including phenoxy) is 1. The van der Waals surface area contributed by atoms with Crippen molar-refractivity contribution in [3.8, 4) is 11.8 Å². The Morgan fingerprint density at radius 2 is 2.10 bits per heavy atom. The van der Waals surface area contributed by atoms with Crippen LogP contribution in [0.2, 0.25) is 5.02 Å². The van der Waals surface area contributed by atoms with E-state index >= 15 is 0 Å². The first kappa shape index (κ1) is 15.4. The minimum atomic E-state index is 0.177. The number of halogens is 1. The monoisotopic (exact) mass is 300 g/mol. The Kier molecular flexibility index (Phi) is 5.21. The summed E-state index contributed by atoms with van der Waals surface area (Å²) in [5.41, 5.74) is 2.73. The SMILES string of the molecule is COc1ccc(CN[C@@H](C)c2cccc(Cl)c2)cc1C#N. The number of hydrogen-bond acceptors (Lipinski definition) is 3. The molecule has 0 aromatic heterocycles. The van der Waals surface area contributed by atoms with Gasteiger partial charge in [-0.2, -0.15) is 5.26 Å². The van der Waals surface area contributed by atoms with Crippen LogP contribution < -0.4 is 10.1 Å². The number of benzene rings is 2. The molecule has 0 heterocycles. The maximum atomic E-state index is 9.09. The van der Waals surface area contributed by atoms with Crippen molar-refractivity contribution in [2.45, 2.75) is 19.5 Å². The van der Waals surface area contributed by atoms with Gasteiger partial charge in [-0.1, -0.05) is 29.8 Å². The number of hydrogen-bond donors (Lipinski definition) is 1. The maximum Gasteiger partial charge on any atom is 0.136 e. The number of nitriles is 1. The van der Waals surface area contributed by atoms with E-state index in [2.05, 4.69) is 18.3 Å². The van der Waals surface area contributed by atoms with Gasteiger partial charge in [-0.05, 0) is 42.3 Å². The zero-order chi connectivity index (χ0) is 15.2. The van der Waals surface area contributed by atoms with E-state index in [1.165, 1.54) is 0 Å². The third kappa shape index (κ3) is 3.98. The average Bonchev–Trinajstić information content (AvgIpc) is 2.52. The molecule has 2 aromatic rings. The molecule has 0 bridgehead atoms. The largest absolute Gasteiger partial charge is 0.495 e. The first-order valence-corrected chi connectivity index (χ1v) is 7.07. The lowest BCUT2D eigenvalue weighted by atomic mass is 10.1. The van der Waals surface area contributed by atoms with Crippen LogP contribution >= 0.6 is 11.6 Å². The van der Waals surface area contributed by atoms with Gasteiger partial charge in [0.05, 0.1) is 12.7 Å². The summed E-state index contributed by atoms with van der Waals surface area (Å²) in [5.74, 6) is 0.601. The normalized spacial score (nSPS) is 11.7. The van der Waals surface area contributed by atoms with E-state index in [1.54, 1.807) is 7.11 Å². The predicted octanol–water partition coefficient (Wildman–Crippen LogP) is 4.07. The van der Waals surface area contributed by atoms with Gasteiger partial charge in [0.2, 0.25) is 0 Å². The number of rotatable bonds is 5. The third-order valence-corrected chi connectivity index (χ3v) is 3.58. The maximum absolute atomic E-state index is 9.09. The van der Waals surface area contributed by atoms with Gasteiger partial charge in [-0.15, -0.1) is 0 Å². The van der Waals surface area contributed by atoms with Crippen LogP contribution in [0.15, 0.2) is 42.5 Å². The van der Waals surface area contributed by atoms with Gasteiger partial charge >= 0.3 is 0 Å². The van der Waals surface area contributed by atoms with E-state index in [0.717, 1.165) is 16.1 Å². The highest BCUT2D eigenvalue weighted by molar-refractivity contribution is 6.30. The highest BCUT2D eigenvalue weighted by Gasteiger charge is 2.07. The zero-order valence-electron chi connectivity index (χ0n) is 12.1. The molecule has 0 amide bonds. The minimum Gasteiger partial charge on any atom is -0.495 e. The standard InChI is InChI=1S/C17H17ClN2O/c1-12(14-4-3-5-16(18)9-14)20-11-13-6-7-17(21-2)15(8-13)10-19/h3-9,12,20H,11H2,1-2H3/t12-/m0/s1. The van der Waals surface area contributed by atoms with Crippen LogP contribution in [0.5, 0.6) is 5.75 Å². The third-order valence-electron chi connectivity index (χ3n) is 3.35. The number of nitrogens with one attached hydrogen (secondary N) is 1. The van der Waals surface area contributed by atoms with E-state index in [0.29, 0.717) is 17.9 Å². The summed E-state index contributed by atoms with van der Waals surface area (Å²) in [7, 11) is 1.56. The van der Waals surface area contributed by atoms with Crippen molar-refractivity contribution < 1.29 is 4.74 Å². The molecule has 0 unspecified atom stereocenters. The molecule has 0 aliphatic carbocycles. The van der Waals surface area contributed by atoms with Crippen LogP contribution in [0.1, 0.15) is 29.7 Å². The van der Waals surface area contributed by atoms with Crippen molar-refractivity contribution in [1.82, 2.24) is 5.32 Å². The van der Waals surface area contributed by atoms with Crippen LogP contribution in [-0.4, -0.2) is 7.11 Å². The van der Waals surface area contributed by atoms with Gasteiger partial charge in [0.1, 0.15) is 11.8 Å². The Bertz CT molecular complexity index is 664. The highest BCUT2D eigenvalue weighted by Crippen LogP contribution is 2.20. The van der Waals surface area contributed by atoms with Crippen molar-refractivity contribution in [1.29, 1.82) is 5.26 Å². The van der Waals surface area contributed by atoms with Crippen molar-refractivity contribution in [2.24, 2.45) is 0 Å². The lowest BCUT2D eigenvalue weighted by Gasteiger charge is -2.15. The quantitative estimate of drug-likeness (QED) is 0.905. The van der Waals surface area contributed by atoms with E-state index in [1.807, 2.05) is 42.5 Å². The second kappa shape index (κ2) is 7.12. The van der Waals surface area contributed by atoms with Gasteiger partial charge in [-0.25, -0.2) is 0 Å². The van der Waals surface area contributed by atoms with Crippen molar-refractivity contribution >= 4 is 11.6 Å². The fourth-order valence-electron chi connectivity index (χ4n) is 2.12. The van der Waals surface area contributed by atoms with Gasteiger partial charge in [0, 0.05) is 17.6 Å². The van der Waals surface area contributed by atoms with E-state index in [-0.39, 0.29) is 6.04 Å². The molecule has 0 saturated heterocycles. The Balaban J connectivity index is 2.05. The number of nitrogens with zero attached hydrogens (tertiary/aromatic N) is 1. The summed E-state index contributed by atoms with van der Waals surface area (Å²) in [5, 5.41) is 13.3. The first-order chi connectivity index (χ1) is 10.1. The van der Waals surface area contributed by atoms with Gasteiger partial charge < -0.3 is 10.1 Å². The smallest absolute Gasteiger partial charge is 0.136 e. The molecule has 0 aliphatic heterocycles. The minimum absolute atomic E-state index is 0.177. The summed E-state index contributed by atoms with van der Waals surface area (Å²) in [6.07, 6.45) is 0. The molecule has 2 rings (SSSR count). The molecule has 108 valence electrons. The molecule has 3 nitrogen and oxygen atoms in total. The number of methoxy groups -OCH3 is 1. The fourth-order valence-corrected chi connectivity index (χ4v) is 2.32. The predicted molar refractivity (Wildman–Crippen MR) is 84.4 cm³/mol. The van der Waals surface area contributed by atoms with Crippen LogP contribution in [0, 0.1) is 11.3 Å². The average molecular weight is 301 g/mol. The molecular weight excluding hydrogens is 284 g/mol. The van der Waals surface area contributed by atoms with E-state index in [4.69, 9.17) is 21.6 Å². The molecule has 21 heavy (non-hydrogen) atoms. The first-order valence-electron chi connectivity index (χ1n) is 6.70. The van der Waals surface area contributed by atoms with Crippen LogP contribution in [0.4, 0.5) is 0 Å². The van der Waals surface area contributed by atoms with E-state index < -0.39 is 0 Å². The zero-order valence-corrected chi connectivity index (χ0v) is 12.8. The van der Waals surface area contributed by atoms with Gasteiger partial charge in [0.15, 0.2) is 0 Å². The van der Waals surface area contributed by atoms with Crippen LogP contribution in [0.25, 0.3) is 0 Å². The molecule has 0 fully saturated rings. The summed E-state index contributed by atoms with van der Waals surface area (Å²) < 4.78 is 5.14. The second-order valence-corrected chi connectivity index (χ2v) is 5.24. The molecule has 4 heteroatoms. The molecule has 0 saturated carbocycles. The highest BCUT2D eigenvalue weighted by atomic mass is 35.5. The Morgan fingerprint density at radius 3 is 2.76 bits per heavy atom. The van der Waals surface area contributed by atoms with E-state index in [9.17, 15) is 0 Å². The Hall–Kier alpha value is -2.02.